The molecule has 0 unspecified atom stereocenters. The van der Waals surface area contributed by atoms with Crippen molar-refractivity contribution in [3.05, 3.63) is 65.9 Å². The Hall–Kier alpha value is -2.87. The summed E-state index contributed by atoms with van der Waals surface area (Å²) in [6, 6.07) is 15.4. The number of aliphatic carboxylic acids is 1. The molecule has 1 aliphatic carbocycles. The molecule has 0 saturated heterocycles. The topological polar surface area (TPSA) is 89.0 Å². The Labute approximate surface area is 240 Å². The van der Waals surface area contributed by atoms with E-state index in [4.69, 9.17) is 9.47 Å². The van der Waals surface area contributed by atoms with E-state index in [0.717, 1.165) is 40.7 Å². The Morgan fingerprint density at radius 2 is 1.78 bits per heavy atom. The number of aromatic nitrogens is 1. The SMILES string of the molecule is CCOc1ccc(-c2ccc(-c3cc(CC(=O)O)ccc3OC)c(CN(CC)C(=O)C3CC3)c2)cn1.[Na]. The Bertz CT molecular complexity index is 1240. The normalized spacial score (nSPS) is 12.4. The maximum atomic E-state index is 13.0. The van der Waals surface area contributed by atoms with Crippen molar-refractivity contribution in [1.82, 2.24) is 9.88 Å². The fourth-order valence-electron chi connectivity index (χ4n) is 4.34. The minimum atomic E-state index is -0.892. The van der Waals surface area contributed by atoms with Gasteiger partial charge in [-0.2, -0.15) is 0 Å². The van der Waals surface area contributed by atoms with Crippen LogP contribution in [0.3, 0.4) is 0 Å². The smallest absolute Gasteiger partial charge is 0.307 e. The number of carboxylic acids is 1. The molecule has 8 heteroatoms. The minimum Gasteiger partial charge on any atom is -0.496 e. The van der Waals surface area contributed by atoms with Crippen molar-refractivity contribution in [2.75, 3.05) is 20.3 Å². The third kappa shape index (κ3) is 7.12. The second-order valence-corrected chi connectivity index (χ2v) is 8.92. The summed E-state index contributed by atoms with van der Waals surface area (Å²) in [6.07, 6.45) is 3.60. The van der Waals surface area contributed by atoms with Gasteiger partial charge >= 0.3 is 5.97 Å². The number of pyridine rings is 1. The average molecular weight is 512 g/mol. The number of ether oxygens (including phenoxy) is 2. The monoisotopic (exact) mass is 511 g/mol. The molecule has 1 fully saturated rings. The van der Waals surface area contributed by atoms with Crippen molar-refractivity contribution in [2.24, 2.45) is 5.92 Å². The Morgan fingerprint density at radius 3 is 2.38 bits per heavy atom. The van der Waals surface area contributed by atoms with Crippen LogP contribution >= 0.6 is 0 Å². The van der Waals surface area contributed by atoms with Gasteiger partial charge in [0.25, 0.3) is 0 Å². The molecule has 0 spiro atoms. The first-order valence-electron chi connectivity index (χ1n) is 12.3. The summed E-state index contributed by atoms with van der Waals surface area (Å²) in [5, 5.41) is 9.30. The van der Waals surface area contributed by atoms with Gasteiger partial charge in [-0.05, 0) is 73.2 Å². The third-order valence-electron chi connectivity index (χ3n) is 6.36. The molecule has 1 aliphatic rings. The summed E-state index contributed by atoms with van der Waals surface area (Å²) in [4.78, 5) is 30.6. The number of hydrogen-bond donors (Lipinski definition) is 1. The molecule has 2 aromatic carbocycles. The number of nitrogens with zero attached hydrogens (tertiary/aromatic N) is 2. The molecule has 3 aromatic rings. The Kier molecular flexibility index (Phi) is 10.1. The molecule has 4 rings (SSSR count). The van der Waals surface area contributed by atoms with Crippen molar-refractivity contribution >= 4 is 41.4 Å². The van der Waals surface area contributed by atoms with E-state index in [1.807, 2.05) is 49.1 Å². The van der Waals surface area contributed by atoms with Gasteiger partial charge in [0, 0.05) is 72.0 Å². The molecule has 1 N–H and O–H groups in total. The number of amides is 1. The van der Waals surface area contributed by atoms with Crippen LogP contribution in [-0.2, 0) is 22.6 Å². The van der Waals surface area contributed by atoms with E-state index in [-0.39, 0.29) is 47.8 Å². The molecule has 1 amide bonds. The largest absolute Gasteiger partial charge is 0.496 e. The minimum absolute atomic E-state index is 0. The van der Waals surface area contributed by atoms with Gasteiger partial charge < -0.3 is 19.5 Å². The van der Waals surface area contributed by atoms with Crippen molar-refractivity contribution < 1.29 is 24.2 Å². The van der Waals surface area contributed by atoms with Gasteiger partial charge in [-0.25, -0.2) is 4.98 Å². The fourth-order valence-corrected chi connectivity index (χ4v) is 4.34. The maximum absolute atomic E-state index is 13.0. The van der Waals surface area contributed by atoms with Gasteiger partial charge in [0.15, 0.2) is 0 Å². The molecule has 37 heavy (non-hydrogen) atoms. The molecule has 0 bridgehead atoms. The summed E-state index contributed by atoms with van der Waals surface area (Å²) < 4.78 is 11.1. The summed E-state index contributed by atoms with van der Waals surface area (Å²) >= 11 is 0. The van der Waals surface area contributed by atoms with Crippen molar-refractivity contribution in [2.45, 2.75) is 39.7 Å². The van der Waals surface area contributed by atoms with Crippen LogP contribution in [0.15, 0.2) is 54.7 Å². The van der Waals surface area contributed by atoms with Crippen LogP contribution in [-0.4, -0.2) is 76.7 Å². The molecule has 0 atom stereocenters. The van der Waals surface area contributed by atoms with Crippen LogP contribution in [0.1, 0.15) is 37.8 Å². The average Bonchev–Trinajstić information content (AvgIpc) is 3.73. The van der Waals surface area contributed by atoms with E-state index in [1.165, 1.54) is 0 Å². The second kappa shape index (κ2) is 13.1. The van der Waals surface area contributed by atoms with Gasteiger partial charge in [0.2, 0.25) is 11.8 Å². The Morgan fingerprint density at radius 1 is 1.03 bits per heavy atom. The molecule has 189 valence electrons. The molecule has 1 radical (unpaired) electrons. The number of carbonyl (C=O) groups excluding carboxylic acids is 1. The first kappa shape index (κ1) is 28.7. The summed E-state index contributed by atoms with van der Waals surface area (Å²) in [5.41, 5.74) is 5.27. The van der Waals surface area contributed by atoms with Crippen LogP contribution in [0.25, 0.3) is 22.3 Å². The predicted molar refractivity (Wildman–Crippen MR) is 144 cm³/mol. The van der Waals surface area contributed by atoms with Crippen LogP contribution < -0.4 is 9.47 Å². The predicted octanol–water partition coefficient (Wildman–Crippen LogP) is 4.83. The zero-order chi connectivity index (χ0) is 25.7. The van der Waals surface area contributed by atoms with Crippen molar-refractivity contribution in [3.8, 4) is 33.9 Å². The fraction of sp³-hybridized carbons (Fsp3) is 0.345. The molecular formula is C29H32N2NaO5. The van der Waals surface area contributed by atoms with Gasteiger partial charge in [0.1, 0.15) is 5.75 Å². The Balaban J connectivity index is 0.00000380. The first-order valence-corrected chi connectivity index (χ1v) is 12.3. The number of hydrogen-bond acceptors (Lipinski definition) is 5. The van der Waals surface area contributed by atoms with E-state index in [1.54, 1.807) is 25.4 Å². The molecule has 1 heterocycles. The summed E-state index contributed by atoms with van der Waals surface area (Å²) in [6.45, 7) is 5.53. The van der Waals surface area contributed by atoms with E-state index in [0.29, 0.717) is 36.9 Å². The number of carboxylic acid groups (broad SMARTS) is 1. The van der Waals surface area contributed by atoms with Gasteiger partial charge in [-0.1, -0.05) is 18.2 Å². The molecule has 1 saturated carbocycles. The number of benzene rings is 2. The van der Waals surface area contributed by atoms with Crippen molar-refractivity contribution in [1.29, 1.82) is 0 Å². The van der Waals surface area contributed by atoms with Crippen LogP contribution in [0.2, 0.25) is 0 Å². The van der Waals surface area contributed by atoms with Gasteiger partial charge in [0.05, 0.1) is 20.1 Å². The molecule has 7 nitrogen and oxygen atoms in total. The van der Waals surface area contributed by atoms with Crippen LogP contribution in [0.4, 0.5) is 0 Å². The summed E-state index contributed by atoms with van der Waals surface area (Å²) in [7, 11) is 1.60. The zero-order valence-electron chi connectivity index (χ0n) is 22.0. The van der Waals surface area contributed by atoms with Crippen molar-refractivity contribution in [3.63, 3.8) is 0 Å². The van der Waals surface area contributed by atoms with E-state index < -0.39 is 5.97 Å². The standard InChI is InChI=1S/C29H32N2O5.Na/c1-4-31(29(34)20-7-8-20)18-23-16-21(22-10-13-27(30-17-22)36-5-2)9-11-24(23)25-14-19(15-28(32)33)6-12-26(25)35-3;/h6,9-14,16-17,20H,4-5,7-8,15,18H2,1-3H3,(H,32,33);. The van der Waals surface area contributed by atoms with Gasteiger partial charge in [-0.3, -0.25) is 9.59 Å². The molecule has 1 aromatic heterocycles. The molecular weight excluding hydrogens is 479 g/mol. The third-order valence-corrected chi connectivity index (χ3v) is 6.36. The van der Waals surface area contributed by atoms with Gasteiger partial charge in [-0.15, -0.1) is 0 Å². The van der Waals surface area contributed by atoms with Crippen LogP contribution in [0.5, 0.6) is 11.6 Å². The quantitative estimate of drug-likeness (QED) is 0.371. The second-order valence-electron chi connectivity index (χ2n) is 8.92. The number of methoxy groups -OCH3 is 1. The number of rotatable bonds is 11. The number of carbonyl (C=O) groups is 2. The zero-order valence-corrected chi connectivity index (χ0v) is 24.0. The van der Waals surface area contributed by atoms with Crippen LogP contribution in [0, 0.1) is 5.92 Å². The van der Waals surface area contributed by atoms with E-state index in [2.05, 4.69) is 11.1 Å². The maximum Gasteiger partial charge on any atom is 0.307 e. The van der Waals surface area contributed by atoms with E-state index in [9.17, 15) is 14.7 Å². The summed E-state index contributed by atoms with van der Waals surface area (Å²) in [5.74, 6) is 0.642. The first-order chi connectivity index (χ1) is 17.4. The van der Waals surface area contributed by atoms with E-state index >= 15 is 0 Å². The molecule has 0 aliphatic heterocycles.